The van der Waals surface area contributed by atoms with Crippen molar-refractivity contribution in [2.24, 2.45) is 11.2 Å². The van der Waals surface area contributed by atoms with Crippen LogP contribution < -0.4 is 0 Å². The number of quaternary nitrogens is 1. The first-order chi connectivity index (χ1) is 11.4. The fourth-order valence-corrected chi connectivity index (χ4v) is 2.36. The first-order valence-corrected chi connectivity index (χ1v) is 8.95. The molecule has 0 saturated heterocycles. The quantitative estimate of drug-likeness (QED) is 0.229. The first-order valence-electron chi connectivity index (χ1n) is 8.95. The van der Waals surface area contributed by atoms with E-state index in [1.165, 1.54) is 5.01 Å². The molecule has 0 N–H and O–H groups in total. The number of rotatable bonds is 7. The van der Waals surface area contributed by atoms with Gasteiger partial charge in [-0.3, -0.25) is 4.79 Å². The maximum Gasteiger partial charge on any atom is 0.309 e. The minimum Gasteiger partial charge on any atom is -0.569 e. The molecule has 146 valence electrons. The molecule has 1 saturated carbocycles. The van der Waals surface area contributed by atoms with E-state index in [9.17, 15) is 10.0 Å². The highest BCUT2D eigenvalue weighted by Crippen LogP contribution is 2.27. The number of esters is 1. The van der Waals surface area contributed by atoms with Gasteiger partial charge in [-0.25, -0.2) is 0 Å². The molecule has 0 spiro atoms. The summed E-state index contributed by atoms with van der Waals surface area (Å²) in [5.41, 5.74) is -0.332. The lowest BCUT2D eigenvalue weighted by molar-refractivity contribution is -0.870. The van der Waals surface area contributed by atoms with Crippen molar-refractivity contribution in [3.8, 4) is 0 Å². The average molecular weight is 359 g/mol. The van der Waals surface area contributed by atoms with Crippen LogP contribution in [0.15, 0.2) is 5.28 Å². The number of hydrazine groups is 1. The minimum absolute atomic E-state index is 0.0760. The van der Waals surface area contributed by atoms with Crippen LogP contribution in [0.25, 0.3) is 0 Å². The Labute approximate surface area is 151 Å². The molecule has 8 nitrogen and oxygen atoms in total. The summed E-state index contributed by atoms with van der Waals surface area (Å²) in [6, 6.07) is 0. The molecule has 0 heterocycles. The molecule has 0 aliphatic heterocycles. The van der Waals surface area contributed by atoms with E-state index in [4.69, 9.17) is 9.57 Å². The third kappa shape index (κ3) is 7.90. The van der Waals surface area contributed by atoms with Gasteiger partial charge in [0.25, 0.3) is 0 Å². The monoisotopic (exact) mass is 359 g/mol. The molecule has 0 bridgehead atoms. The summed E-state index contributed by atoms with van der Waals surface area (Å²) in [5.74, 6) is -0.199. The van der Waals surface area contributed by atoms with E-state index in [1.54, 1.807) is 7.05 Å². The van der Waals surface area contributed by atoms with E-state index < -0.39 is 0 Å². The van der Waals surface area contributed by atoms with Gasteiger partial charge in [0, 0.05) is 0 Å². The Morgan fingerprint density at radius 1 is 1.24 bits per heavy atom. The highest BCUT2D eigenvalue weighted by molar-refractivity contribution is 5.72. The van der Waals surface area contributed by atoms with Gasteiger partial charge in [-0.15, -0.1) is 5.01 Å². The van der Waals surface area contributed by atoms with Gasteiger partial charge in [0.05, 0.1) is 44.6 Å². The van der Waals surface area contributed by atoms with Crippen LogP contribution in [0.4, 0.5) is 0 Å². The summed E-state index contributed by atoms with van der Waals surface area (Å²) in [7, 11) is 7.87. The molecular weight excluding hydrogens is 324 g/mol. The van der Waals surface area contributed by atoms with Gasteiger partial charge in [-0.2, -0.15) is 0 Å². The molecule has 8 heteroatoms. The summed E-state index contributed by atoms with van der Waals surface area (Å²) in [5, 5.41) is 17.0. The molecule has 25 heavy (non-hydrogen) atoms. The topological polar surface area (TPSA) is 77.2 Å². The maximum absolute atomic E-state index is 12.1. The molecule has 0 unspecified atom stereocenters. The standard InChI is InChI=1S/C17H35N4O4/c1-17(2,3)19(4)20(23)18-25-15-10-8-14(9-11-15)16(22)24-13-12-21(5,6)7/h14-15H,8-13H2,1-7H3/q+1/b20-18+. The SMILES string of the molecule is CN(/[N+]([O-])=N\OC1CCC(C(=O)OCC[N+](C)(C)C)CC1)C(C)(C)C. The van der Waals surface area contributed by atoms with Crippen LogP contribution in [0.5, 0.6) is 0 Å². The van der Waals surface area contributed by atoms with Crippen molar-refractivity contribution in [3.05, 3.63) is 5.21 Å². The Hall–Kier alpha value is -1.57. The molecule has 0 atom stereocenters. The van der Waals surface area contributed by atoms with E-state index in [-0.39, 0.29) is 23.5 Å². The second-order valence-corrected chi connectivity index (χ2v) is 8.79. The van der Waals surface area contributed by atoms with E-state index in [0.717, 1.165) is 11.0 Å². The Morgan fingerprint density at radius 2 is 1.80 bits per heavy atom. The summed E-state index contributed by atoms with van der Waals surface area (Å²) in [6.45, 7) is 7.00. The summed E-state index contributed by atoms with van der Waals surface area (Å²) in [6.07, 6.45) is 2.69. The van der Waals surface area contributed by atoms with Crippen molar-refractivity contribution in [1.82, 2.24) is 5.01 Å². The van der Waals surface area contributed by atoms with Gasteiger partial charge in [-0.1, -0.05) is 0 Å². The number of hydrogen-bond donors (Lipinski definition) is 0. The lowest BCUT2D eigenvalue weighted by Crippen LogP contribution is -2.42. The van der Waals surface area contributed by atoms with Crippen LogP contribution in [0.3, 0.4) is 0 Å². The Bertz CT molecular complexity index is 460. The van der Waals surface area contributed by atoms with Crippen LogP contribution in [0.1, 0.15) is 46.5 Å². The Kier molecular flexibility index (Phi) is 7.46. The number of likely N-dealkylation sites (N-methyl/N-ethyl adjacent to an activating group) is 1. The van der Waals surface area contributed by atoms with Gasteiger partial charge in [0.1, 0.15) is 19.3 Å². The molecular formula is C17H35N4O4+. The van der Waals surface area contributed by atoms with E-state index >= 15 is 0 Å². The Morgan fingerprint density at radius 3 is 2.28 bits per heavy atom. The first kappa shape index (κ1) is 21.5. The third-order valence-corrected chi connectivity index (χ3v) is 4.51. The smallest absolute Gasteiger partial charge is 0.309 e. The predicted molar refractivity (Wildman–Crippen MR) is 94.3 cm³/mol. The highest BCUT2D eigenvalue weighted by atomic mass is 16.7. The maximum atomic E-state index is 12.1. The predicted octanol–water partition coefficient (Wildman–Crippen LogP) is 2.33. The van der Waals surface area contributed by atoms with Gasteiger partial charge < -0.3 is 19.3 Å². The molecule has 0 aromatic heterocycles. The van der Waals surface area contributed by atoms with E-state index in [2.05, 4.69) is 26.4 Å². The average Bonchev–Trinajstić information content (AvgIpc) is 2.50. The van der Waals surface area contributed by atoms with Crippen molar-refractivity contribution in [1.29, 1.82) is 0 Å². The fourth-order valence-electron chi connectivity index (χ4n) is 2.36. The van der Waals surface area contributed by atoms with Crippen LogP contribution in [0, 0.1) is 11.1 Å². The summed E-state index contributed by atoms with van der Waals surface area (Å²) < 4.78 is 6.14. The van der Waals surface area contributed by atoms with Crippen LogP contribution in [-0.2, 0) is 14.4 Å². The molecule has 1 rings (SSSR count). The molecule has 1 aliphatic carbocycles. The lowest BCUT2D eigenvalue weighted by atomic mass is 9.87. The van der Waals surface area contributed by atoms with E-state index in [1.807, 2.05) is 20.8 Å². The largest absolute Gasteiger partial charge is 0.569 e. The summed E-state index contributed by atoms with van der Waals surface area (Å²) >= 11 is 0. The van der Waals surface area contributed by atoms with Crippen molar-refractivity contribution in [2.75, 3.05) is 41.3 Å². The molecule has 1 aliphatic rings. The molecule has 0 aromatic rings. The molecule has 0 amide bonds. The second kappa shape index (κ2) is 8.69. The third-order valence-electron chi connectivity index (χ3n) is 4.51. The van der Waals surface area contributed by atoms with Gasteiger partial charge in [0.2, 0.25) is 5.28 Å². The zero-order valence-corrected chi connectivity index (χ0v) is 16.8. The van der Waals surface area contributed by atoms with E-state index in [0.29, 0.717) is 37.3 Å². The van der Waals surface area contributed by atoms with Crippen molar-refractivity contribution >= 4 is 5.97 Å². The van der Waals surface area contributed by atoms with Gasteiger partial charge >= 0.3 is 5.97 Å². The number of hydrogen-bond acceptors (Lipinski definition) is 5. The fraction of sp³-hybridized carbons (Fsp3) is 0.941. The number of ether oxygens (including phenoxy) is 1. The van der Waals surface area contributed by atoms with Crippen molar-refractivity contribution < 1.29 is 23.8 Å². The van der Waals surface area contributed by atoms with Crippen molar-refractivity contribution in [2.45, 2.75) is 58.1 Å². The molecule has 1 fully saturated rings. The highest BCUT2D eigenvalue weighted by Gasteiger charge is 2.30. The van der Waals surface area contributed by atoms with Crippen LogP contribution in [-0.4, -0.2) is 73.4 Å². The molecule has 0 aromatic carbocycles. The number of nitrogens with zero attached hydrogens (tertiary/aromatic N) is 4. The lowest BCUT2D eigenvalue weighted by Gasteiger charge is -2.28. The zero-order valence-electron chi connectivity index (χ0n) is 16.8. The van der Waals surface area contributed by atoms with Gasteiger partial charge in [-0.05, 0) is 46.5 Å². The molecule has 0 radical (unpaired) electrons. The zero-order chi connectivity index (χ0) is 19.3. The number of carbonyl (C=O) groups is 1. The van der Waals surface area contributed by atoms with Gasteiger partial charge in [0.15, 0.2) is 0 Å². The van der Waals surface area contributed by atoms with Crippen LogP contribution in [0.2, 0.25) is 0 Å². The van der Waals surface area contributed by atoms with Crippen molar-refractivity contribution in [3.63, 3.8) is 0 Å². The Balaban J connectivity index is 2.35. The number of carbonyl (C=O) groups excluding carboxylic acids is 1. The summed E-state index contributed by atoms with van der Waals surface area (Å²) in [4.78, 5) is 17.9. The van der Waals surface area contributed by atoms with Crippen LogP contribution >= 0.6 is 0 Å². The second-order valence-electron chi connectivity index (χ2n) is 8.79. The normalized spacial score (nSPS) is 22.4. The minimum atomic E-state index is -0.332.